The smallest absolute Gasteiger partial charge is 0.308 e. The molecule has 0 unspecified atom stereocenters. The summed E-state index contributed by atoms with van der Waals surface area (Å²) in [5.74, 6) is -1.33. The van der Waals surface area contributed by atoms with Gasteiger partial charge in [0, 0.05) is 24.1 Å². The first kappa shape index (κ1) is 18.4. The number of benzene rings is 1. The molecule has 2 aliphatic carbocycles. The summed E-state index contributed by atoms with van der Waals surface area (Å²) in [6.45, 7) is 0.459. The van der Waals surface area contributed by atoms with E-state index in [1.165, 1.54) is 0 Å². The van der Waals surface area contributed by atoms with Crippen LogP contribution in [0.15, 0.2) is 24.3 Å². The van der Waals surface area contributed by atoms with Crippen LogP contribution in [-0.2, 0) is 16.1 Å². The molecule has 0 saturated heterocycles. The summed E-state index contributed by atoms with van der Waals surface area (Å²) in [5.41, 5.74) is 1.45. The molecule has 1 aromatic rings. The molecule has 0 heterocycles. The number of carbonyl (C=O) groups excluding carboxylic acids is 2. The molecule has 2 amide bonds. The normalized spacial score (nSPS) is 22.9. The van der Waals surface area contributed by atoms with E-state index in [0.717, 1.165) is 37.7 Å². The first-order valence-electron chi connectivity index (χ1n) is 9.45. The molecule has 26 heavy (non-hydrogen) atoms. The van der Waals surface area contributed by atoms with Gasteiger partial charge in [-0.1, -0.05) is 31.4 Å². The van der Waals surface area contributed by atoms with E-state index in [9.17, 15) is 19.5 Å². The van der Waals surface area contributed by atoms with E-state index in [2.05, 4.69) is 10.6 Å². The fourth-order valence-electron chi connectivity index (χ4n) is 3.98. The zero-order chi connectivity index (χ0) is 18.5. The van der Waals surface area contributed by atoms with E-state index < -0.39 is 11.9 Å². The van der Waals surface area contributed by atoms with Gasteiger partial charge in [0.25, 0.3) is 5.91 Å². The molecule has 1 aromatic carbocycles. The van der Waals surface area contributed by atoms with Crippen molar-refractivity contribution in [1.82, 2.24) is 10.6 Å². The van der Waals surface area contributed by atoms with Gasteiger partial charge in [0.15, 0.2) is 0 Å². The predicted octanol–water partition coefficient (Wildman–Crippen LogP) is 2.48. The van der Waals surface area contributed by atoms with E-state index in [-0.39, 0.29) is 23.8 Å². The Bertz CT molecular complexity index is 665. The maximum Gasteiger partial charge on any atom is 0.308 e. The molecule has 140 valence electrons. The van der Waals surface area contributed by atoms with Gasteiger partial charge in [0.05, 0.1) is 5.92 Å². The van der Waals surface area contributed by atoms with Crippen molar-refractivity contribution in [1.29, 1.82) is 0 Å². The molecule has 3 N–H and O–H groups in total. The maximum atomic E-state index is 12.3. The largest absolute Gasteiger partial charge is 0.481 e. The lowest BCUT2D eigenvalue weighted by Gasteiger charge is -2.17. The quantitative estimate of drug-likeness (QED) is 0.728. The molecular weight excluding hydrogens is 332 g/mol. The first-order chi connectivity index (χ1) is 12.5. The van der Waals surface area contributed by atoms with Crippen molar-refractivity contribution in [3.8, 4) is 0 Å². The van der Waals surface area contributed by atoms with Crippen molar-refractivity contribution in [2.24, 2.45) is 11.8 Å². The standard InChI is InChI=1S/C20H26N2O4/c23-18(14-4-1-2-5-14)21-12-13-8-10-15(11-9-13)19(24)22-17-7-3-6-16(17)20(25)26/h8-11,14,16-17H,1-7,12H2,(H,21,23)(H,22,24)(H,25,26)/t16-,17+/m1/s1. The number of carboxylic acid groups (broad SMARTS) is 1. The Hall–Kier alpha value is -2.37. The van der Waals surface area contributed by atoms with Crippen molar-refractivity contribution < 1.29 is 19.5 Å². The van der Waals surface area contributed by atoms with Crippen LogP contribution in [0, 0.1) is 11.8 Å². The highest BCUT2D eigenvalue weighted by molar-refractivity contribution is 5.94. The third-order valence-electron chi connectivity index (χ3n) is 5.56. The maximum absolute atomic E-state index is 12.3. The van der Waals surface area contributed by atoms with E-state index in [1.54, 1.807) is 12.1 Å². The Morgan fingerprint density at radius 2 is 1.65 bits per heavy atom. The van der Waals surface area contributed by atoms with Crippen LogP contribution in [0.2, 0.25) is 0 Å². The first-order valence-corrected chi connectivity index (χ1v) is 9.45. The minimum atomic E-state index is -0.846. The van der Waals surface area contributed by atoms with Crippen LogP contribution in [0.3, 0.4) is 0 Å². The predicted molar refractivity (Wildman–Crippen MR) is 96.5 cm³/mol. The van der Waals surface area contributed by atoms with Gasteiger partial charge < -0.3 is 15.7 Å². The third kappa shape index (κ3) is 4.42. The average Bonchev–Trinajstić information content (AvgIpc) is 3.32. The van der Waals surface area contributed by atoms with Gasteiger partial charge in [-0.25, -0.2) is 0 Å². The zero-order valence-electron chi connectivity index (χ0n) is 14.9. The lowest BCUT2D eigenvalue weighted by Crippen LogP contribution is -2.40. The van der Waals surface area contributed by atoms with E-state index in [1.807, 2.05) is 12.1 Å². The summed E-state index contributed by atoms with van der Waals surface area (Å²) in [5, 5.41) is 15.0. The summed E-state index contributed by atoms with van der Waals surface area (Å²) in [7, 11) is 0. The molecule has 2 atom stereocenters. The van der Waals surface area contributed by atoms with Gasteiger partial charge in [0.2, 0.25) is 5.91 Å². The highest BCUT2D eigenvalue weighted by atomic mass is 16.4. The van der Waals surface area contributed by atoms with E-state index >= 15 is 0 Å². The summed E-state index contributed by atoms with van der Waals surface area (Å²) < 4.78 is 0. The fraction of sp³-hybridized carbons (Fsp3) is 0.550. The van der Waals surface area contributed by atoms with Gasteiger partial charge in [-0.3, -0.25) is 14.4 Å². The minimum Gasteiger partial charge on any atom is -0.481 e. The van der Waals surface area contributed by atoms with Crippen molar-refractivity contribution in [3.63, 3.8) is 0 Å². The summed E-state index contributed by atoms with van der Waals surface area (Å²) >= 11 is 0. The monoisotopic (exact) mass is 358 g/mol. The van der Waals surface area contributed by atoms with Crippen LogP contribution in [0.4, 0.5) is 0 Å². The Kier molecular flexibility index (Phi) is 5.91. The lowest BCUT2D eigenvalue weighted by molar-refractivity contribution is -0.142. The molecule has 3 rings (SSSR count). The molecule has 6 heteroatoms. The van der Waals surface area contributed by atoms with Gasteiger partial charge in [-0.05, 0) is 43.4 Å². The highest BCUT2D eigenvalue weighted by Crippen LogP contribution is 2.26. The van der Waals surface area contributed by atoms with Crippen LogP contribution in [-0.4, -0.2) is 28.9 Å². The Morgan fingerprint density at radius 3 is 2.31 bits per heavy atom. The number of nitrogens with one attached hydrogen (secondary N) is 2. The number of rotatable bonds is 6. The molecule has 0 spiro atoms. The molecule has 0 bridgehead atoms. The van der Waals surface area contributed by atoms with Gasteiger partial charge in [0.1, 0.15) is 0 Å². The molecule has 2 fully saturated rings. The second-order valence-electron chi connectivity index (χ2n) is 7.35. The van der Waals surface area contributed by atoms with Gasteiger partial charge in [-0.15, -0.1) is 0 Å². The van der Waals surface area contributed by atoms with E-state index in [4.69, 9.17) is 0 Å². The minimum absolute atomic E-state index is 0.116. The molecular formula is C20H26N2O4. The second kappa shape index (κ2) is 8.34. The second-order valence-corrected chi connectivity index (χ2v) is 7.35. The number of hydrogen-bond donors (Lipinski definition) is 3. The van der Waals surface area contributed by atoms with Crippen molar-refractivity contribution in [2.45, 2.75) is 57.5 Å². The Labute approximate surface area is 153 Å². The third-order valence-corrected chi connectivity index (χ3v) is 5.56. The number of amides is 2. The lowest BCUT2D eigenvalue weighted by atomic mass is 10.0. The highest BCUT2D eigenvalue weighted by Gasteiger charge is 2.34. The molecule has 0 aromatic heterocycles. The molecule has 0 aliphatic heterocycles. The van der Waals surface area contributed by atoms with Crippen molar-refractivity contribution in [2.75, 3.05) is 0 Å². The van der Waals surface area contributed by atoms with Crippen LogP contribution in [0.5, 0.6) is 0 Å². The molecule has 2 aliphatic rings. The van der Waals surface area contributed by atoms with Crippen molar-refractivity contribution in [3.05, 3.63) is 35.4 Å². The molecule has 6 nitrogen and oxygen atoms in total. The SMILES string of the molecule is O=C(N[C@H]1CCC[C@H]1C(=O)O)c1ccc(CNC(=O)C2CCCC2)cc1. The average molecular weight is 358 g/mol. The number of carboxylic acids is 1. The Balaban J connectivity index is 1.51. The van der Waals surface area contributed by atoms with Crippen LogP contribution >= 0.6 is 0 Å². The topological polar surface area (TPSA) is 95.5 Å². The van der Waals surface area contributed by atoms with Crippen LogP contribution in [0.25, 0.3) is 0 Å². The fourth-order valence-corrected chi connectivity index (χ4v) is 3.98. The Morgan fingerprint density at radius 1 is 0.962 bits per heavy atom. The van der Waals surface area contributed by atoms with Gasteiger partial charge in [-0.2, -0.15) is 0 Å². The summed E-state index contributed by atoms with van der Waals surface area (Å²) in [4.78, 5) is 35.6. The number of carbonyl (C=O) groups is 3. The number of hydrogen-bond acceptors (Lipinski definition) is 3. The van der Waals surface area contributed by atoms with E-state index in [0.29, 0.717) is 24.9 Å². The zero-order valence-corrected chi connectivity index (χ0v) is 14.9. The summed E-state index contributed by atoms with van der Waals surface area (Å²) in [6, 6.07) is 6.79. The van der Waals surface area contributed by atoms with Crippen LogP contribution < -0.4 is 10.6 Å². The van der Waals surface area contributed by atoms with Crippen molar-refractivity contribution >= 4 is 17.8 Å². The van der Waals surface area contributed by atoms with Crippen LogP contribution in [0.1, 0.15) is 60.9 Å². The number of aliphatic carboxylic acids is 1. The van der Waals surface area contributed by atoms with Gasteiger partial charge >= 0.3 is 5.97 Å². The summed E-state index contributed by atoms with van der Waals surface area (Å²) in [6.07, 6.45) is 6.35. The molecule has 2 saturated carbocycles. The molecule has 0 radical (unpaired) electrons.